The summed E-state index contributed by atoms with van der Waals surface area (Å²) in [5.41, 5.74) is 10.7. The van der Waals surface area contributed by atoms with Crippen LogP contribution in [0.1, 0.15) is 0 Å². The second kappa shape index (κ2) is 15.5. The Kier molecular flexibility index (Phi) is 9.44. The third-order valence-corrected chi connectivity index (χ3v) is 11.8. The molecule has 0 atom stereocenters. The van der Waals surface area contributed by atoms with Crippen LogP contribution in [-0.4, -0.2) is 0 Å². The van der Waals surface area contributed by atoms with Crippen LogP contribution in [0.5, 0.6) is 0 Å². The number of nitrogens with zero attached hydrogens (tertiary/aromatic N) is 3. The van der Waals surface area contributed by atoms with Gasteiger partial charge < -0.3 is 14.2 Å². The van der Waals surface area contributed by atoms with E-state index in [1.54, 1.807) is 11.3 Å². The fraction of sp³-hybridized carbons (Fsp3) is 0. The first-order chi connectivity index (χ1) is 28.7. The monoisotopic (exact) mass is 785 g/mol. The number of rotatable bonds is 10. The quantitative estimate of drug-likeness (QED) is 0.138. The first-order valence-corrected chi connectivity index (χ1v) is 20.4. The summed E-state index contributed by atoms with van der Waals surface area (Å²) in [7, 11) is 0. The van der Waals surface area contributed by atoms with Crippen LogP contribution in [0.3, 0.4) is 0 Å². The number of hydrogen-bond donors (Lipinski definition) is 0. The molecule has 8 aromatic carbocycles. The predicted molar refractivity (Wildman–Crippen MR) is 246 cm³/mol. The van der Waals surface area contributed by atoms with Crippen molar-refractivity contribution in [2.24, 2.45) is 0 Å². The van der Waals surface area contributed by atoms with E-state index in [2.05, 4.69) is 209 Å². The Morgan fingerprint density at radius 1 is 0.362 bits per heavy atom. The molecule has 0 aliphatic rings. The standard InChI is InChI=1S/C52H36ClN3OS/c53-51-46(55(41-25-11-4-12-26-41)44-29-16-28-43(35-44)54(39-21-7-2-8-22-39)40-23-9-3-10-24-40)31-17-32-47(51)56(42-27-15-20-38(34-42)37-18-5-1-6-19-37)50-36-49-52(57-50)45-30-13-14-33-48(45)58-49/h1-36H. The molecule has 2 aromatic heterocycles. The van der Waals surface area contributed by atoms with Gasteiger partial charge in [-0.25, -0.2) is 0 Å². The highest BCUT2D eigenvalue weighted by molar-refractivity contribution is 7.25. The van der Waals surface area contributed by atoms with Crippen LogP contribution in [0.4, 0.5) is 51.4 Å². The van der Waals surface area contributed by atoms with E-state index in [-0.39, 0.29) is 0 Å². The first kappa shape index (κ1) is 35.4. The molecule has 0 saturated carbocycles. The lowest BCUT2D eigenvalue weighted by molar-refractivity contribution is 0.624. The number of benzene rings is 8. The summed E-state index contributed by atoms with van der Waals surface area (Å²) in [4.78, 5) is 6.65. The van der Waals surface area contributed by atoms with E-state index in [0.717, 1.165) is 72.3 Å². The van der Waals surface area contributed by atoms with Gasteiger partial charge in [0.2, 0.25) is 5.88 Å². The second-order valence-electron chi connectivity index (χ2n) is 13.9. The molecule has 0 spiro atoms. The topological polar surface area (TPSA) is 22.9 Å². The summed E-state index contributed by atoms with van der Waals surface area (Å²) in [6, 6.07) is 75.7. The maximum Gasteiger partial charge on any atom is 0.206 e. The summed E-state index contributed by atoms with van der Waals surface area (Å²) in [5, 5.41) is 1.68. The van der Waals surface area contributed by atoms with E-state index < -0.39 is 0 Å². The van der Waals surface area contributed by atoms with Gasteiger partial charge in [-0.15, -0.1) is 11.3 Å². The summed E-state index contributed by atoms with van der Waals surface area (Å²) in [6.45, 7) is 0. The average Bonchev–Trinajstić information content (AvgIpc) is 3.85. The van der Waals surface area contributed by atoms with Crippen LogP contribution in [0, 0.1) is 0 Å². The summed E-state index contributed by atoms with van der Waals surface area (Å²) in [5.74, 6) is 0.686. The number of anilines is 9. The van der Waals surface area contributed by atoms with Crippen molar-refractivity contribution in [1.29, 1.82) is 0 Å². The number of para-hydroxylation sites is 3. The van der Waals surface area contributed by atoms with Crippen molar-refractivity contribution in [1.82, 2.24) is 0 Å². The van der Waals surface area contributed by atoms with Crippen LogP contribution in [-0.2, 0) is 0 Å². The van der Waals surface area contributed by atoms with Gasteiger partial charge in [-0.3, -0.25) is 4.90 Å². The van der Waals surface area contributed by atoms with E-state index in [1.807, 2.05) is 24.3 Å². The fourth-order valence-electron chi connectivity index (χ4n) is 7.67. The van der Waals surface area contributed by atoms with Gasteiger partial charge in [0.1, 0.15) is 0 Å². The van der Waals surface area contributed by atoms with Crippen molar-refractivity contribution in [2.45, 2.75) is 0 Å². The molecule has 0 unspecified atom stereocenters. The molecule has 58 heavy (non-hydrogen) atoms. The fourth-order valence-corrected chi connectivity index (χ4v) is 9.02. The average molecular weight is 786 g/mol. The molecular formula is C52H36ClN3OS. The number of furan rings is 1. The first-order valence-electron chi connectivity index (χ1n) is 19.2. The zero-order chi connectivity index (χ0) is 38.8. The molecule has 10 aromatic rings. The normalized spacial score (nSPS) is 11.2. The summed E-state index contributed by atoms with van der Waals surface area (Å²) < 4.78 is 9.12. The van der Waals surface area contributed by atoms with E-state index in [1.165, 1.54) is 4.70 Å². The van der Waals surface area contributed by atoms with Gasteiger partial charge in [-0.05, 0) is 102 Å². The van der Waals surface area contributed by atoms with E-state index >= 15 is 0 Å². The van der Waals surface area contributed by atoms with Gasteiger partial charge in [0, 0.05) is 50.3 Å². The van der Waals surface area contributed by atoms with Crippen molar-refractivity contribution >= 4 is 94.7 Å². The lowest BCUT2D eigenvalue weighted by Crippen LogP contribution is -2.15. The minimum Gasteiger partial charge on any atom is -0.438 e. The maximum atomic E-state index is 7.78. The van der Waals surface area contributed by atoms with Gasteiger partial charge in [0.05, 0.1) is 21.1 Å². The third-order valence-electron chi connectivity index (χ3n) is 10.3. The molecule has 0 radical (unpaired) electrons. The van der Waals surface area contributed by atoms with Crippen LogP contribution in [0.15, 0.2) is 223 Å². The Morgan fingerprint density at radius 2 is 0.828 bits per heavy atom. The van der Waals surface area contributed by atoms with Crippen molar-refractivity contribution in [3.8, 4) is 11.1 Å². The summed E-state index contributed by atoms with van der Waals surface area (Å²) >= 11 is 9.52. The molecule has 10 rings (SSSR count). The summed E-state index contributed by atoms with van der Waals surface area (Å²) in [6.07, 6.45) is 0. The highest BCUT2D eigenvalue weighted by atomic mass is 35.5. The van der Waals surface area contributed by atoms with E-state index in [9.17, 15) is 0 Å². The number of halogens is 1. The number of fused-ring (bicyclic) bond motifs is 3. The predicted octanol–water partition coefficient (Wildman–Crippen LogP) is 16.4. The molecule has 0 aliphatic carbocycles. The molecule has 0 amide bonds. The molecule has 0 fully saturated rings. The Morgan fingerprint density at radius 3 is 1.48 bits per heavy atom. The SMILES string of the molecule is Clc1c(N(c2ccccc2)c2cccc(N(c3ccccc3)c3ccccc3)c2)cccc1N(c1cccc(-c2ccccc2)c1)c1cc2sc3ccccc3c2o1. The number of thiophene rings is 1. The largest absolute Gasteiger partial charge is 0.438 e. The smallest absolute Gasteiger partial charge is 0.206 e. The van der Waals surface area contributed by atoms with Gasteiger partial charge in [-0.1, -0.05) is 133 Å². The molecule has 0 bridgehead atoms. The van der Waals surface area contributed by atoms with Crippen molar-refractivity contribution in [2.75, 3.05) is 14.7 Å². The maximum absolute atomic E-state index is 7.78. The van der Waals surface area contributed by atoms with Crippen molar-refractivity contribution < 1.29 is 4.42 Å². The van der Waals surface area contributed by atoms with Crippen LogP contribution < -0.4 is 14.7 Å². The Bertz CT molecular complexity index is 2950. The molecule has 6 heteroatoms. The van der Waals surface area contributed by atoms with Gasteiger partial charge in [0.25, 0.3) is 0 Å². The molecular weight excluding hydrogens is 750 g/mol. The highest BCUT2D eigenvalue weighted by Gasteiger charge is 2.26. The Labute approximate surface area is 346 Å². The van der Waals surface area contributed by atoms with Gasteiger partial charge in [0.15, 0.2) is 5.58 Å². The van der Waals surface area contributed by atoms with Gasteiger partial charge in [-0.2, -0.15) is 0 Å². The molecule has 0 saturated heterocycles. The lowest BCUT2D eigenvalue weighted by Gasteiger charge is -2.31. The third kappa shape index (κ3) is 6.66. The molecule has 2 heterocycles. The van der Waals surface area contributed by atoms with E-state index in [0.29, 0.717) is 10.9 Å². The van der Waals surface area contributed by atoms with Crippen LogP contribution >= 0.6 is 22.9 Å². The van der Waals surface area contributed by atoms with Gasteiger partial charge >= 0.3 is 0 Å². The van der Waals surface area contributed by atoms with Crippen molar-refractivity contribution in [3.63, 3.8) is 0 Å². The Balaban J connectivity index is 1.15. The molecule has 278 valence electrons. The van der Waals surface area contributed by atoms with Crippen LogP contribution in [0.25, 0.3) is 31.5 Å². The zero-order valence-corrected chi connectivity index (χ0v) is 32.9. The Hall–Kier alpha value is -7.05. The molecule has 4 nitrogen and oxygen atoms in total. The van der Waals surface area contributed by atoms with E-state index in [4.69, 9.17) is 16.0 Å². The minimum absolute atomic E-state index is 0.578. The lowest BCUT2D eigenvalue weighted by atomic mass is 10.0. The van der Waals surface area contributed by atoms with Crippen molar-refractivity contribution in [3.05, 3.63) is 223 Å². The minimum atomic E-state index is 0.578. The zero-order valence-electron chi connectivity index (χ0n) is 31.3. The molecule has 0 aliphatic heterocycles. The highest BCUT2D eigenvalue weighted by Crippen LogP contribution is 2.50. The molecule has 0 N–H and O–H groups in total. The van der Waals surface area contributed by atoms with Crippen LogP contribution in [0.2, 0.25) is 5.02 Å². The second-order valence-corrected chi connectivity index (χ2v) is 15.4. The number of hydrogen-bond acceptors (Lipinski definition) is 5.